The number of thioether (sulfide) groups is 1. The normalized spacial score (nSPS) is 16.9. The number of carbonyl (C=O) groups is 2. The standard InChI is InChI=1S/C19H17NO2S/c1-3-15(16-12-8-7-9-13(16)2)17-18(21)20(19(22)23-17)14-10-5-4-6-11-14/h4-12H,3H2,1-2H3/b17-15-. The third kappa shape index (κ3) is 2.82. The Bertz CT molecular complexity index is 796. The van der Waals surface area contributed by atoms with Crippen LogP contribution in [0.15, 0.2) is 59.5 Å². The van der Waals surface area contributed by atoms with E-state index >= 15 is 0 Å². The zero-order chi connectivity index (χ0) is 16.4. The molecule has 0 aliphatic carbocycles. The van der Waals surface area contributed by atoms with Crippen molar-refractivity contribution >= 4 is 34.2 Å². The maximum absolute atomic E-state index is 12.8. The van der Waals surface area contributed by atoms with Crippen molar-refractivity contribution in [1.82, 2.24) is 0 Å². The van der Waals surface area contributed by atoms with Crippen LogP contribution >= 0.6 is 11.8 Å². The van der Waals surface area contributed by atoms with Gasteiger partial charge in [-0.3, -0.25) is 9.59 Å². The van der Waals surface area contributed by atoms with Crippen molar-refractivity contribution in [1.29, 1.82) is 0 Å². The van der Waals surface area contributed by atoms with Crippen molar-refractivity contribution in [2.45, 2.75) is 20.3 Å². The quantitative estimate of drug-likeness (QED) is 0.745. The minimum Gasteiger partial charge on any atom is -0.268 e. The Morgan fingerprint density at radius 2 is 1.65 bits per heavy atom. The molecule has 2 amide bonds. The van der Waals surface area contributed by atoms with Crippen LogP contribution in [0.2, 0.25) is 0 Å². The van der Waals surface area contributed by atoms with Crippen molar-refractivity contribution in [3.05, 3.63) is 70.6 Å². The number of carbonyl (C=O) groups excluding carboxylic acids is 2. The Kier molecular flexibility index (Phi) is 4.35. The van der Waals surface area contributed by atoms with Crippen molar-refractivity contribution in [3.63, 3.8) is 0 Å². The maximum atomic E-state index is 12.8. The van der Waals surface area contributed by atoms with Gasteiger partial charge in [0, 0.05) is 0 Å². The van der Waals surface area contributed by atoms with Crippen molar-refractivity contribution in [2.24, 2.45) is 0 Å². The summed E-state index contributed by atoms with van der Waals surface area (Å²) in [6.07, 6.45) is 0.703. The summed E-state index contributed by atoms with van der Waals surface area (Å²) >= 11 is 1.03. The van der Waals surface area contributed by atoms with Gasteiger partial charge in [0.25, 0.3) is 11.1 Å². The molecule has 0 atom stereocenters. The molecule has 1 aliphatic rings. The Labute approximate surface area is 140 Å². The van der Waals surface area contributed by atoms with Gasteiger partial charge >= 0.3 is 0 Å². The van der Waals surface area contributed by atoms with Crippen LogP contribution in [0.4, 0.5) is 10.5 Å². The molecule has 0 spiro atoms. The summed E-state index contributed by atoms with van der Waals surface area (Å²) < 4.78 is 0. The maximum Gasteiger partial charge on any atom is 0.298 e. The summed E-state index contributed by atoms with van der Waals surface area (Å²) in [4.78, 5) is 27.0. The average molecular weight is 323 g/mol. The van der Waals surface area contributed by atoms with Gasteiger partial charge < -0.3 is 0 Å². The second-order valence-corrected chi connectivity index (χ2v) is 6.28. The predicted molar refractivity (Wildman–Crippen MR) is 95.3 cm³/mol. The van der Waals surface area contributed by atoms with Crippen LogP contribution < -0.4 is 4.90 Å². The smallest absolute Gasteiger partial charge is 0.268 e. The van der Waals surface area contributed by atoms with Gasteiger partial charge in [-0.25, -0.2) is 4.90 Å². The molecule has 23 heavy (non-hydrogen) atoms. The predicted octanol–water partition coefficient (Wildman–Crippen LogP) is 5.02. The van der Waals surface area contributed by atoms with Crippen LogP contribution in [-0.4, -0.2) is 11.1 Å². The topological polar surface area (TPSA) is 37.4 Å². The molecule has 0 bridgehead atoms. The van der Waals surface area contributed by atoms with Crippen molar-refractivity contribution < 1.29 is 9.59 Å². The van der Waals surface area contributed by atoms with Crippen LogP contribution in [0.5, 0.6) is 0 Å². The van der Waals surface area contributed by atoms with Crippen LogP contribution in [-0.2, 0) is 4.79 Å². The van der Waals surface area contributed by atoms with E-state index in [9.17, 15) is 9.59 Å². The number of amides is 2. The third-order valence-corrected chi connectivity index (χ3v) is 4.86. The van der Waals surface area contributed by atoms with E-state index in [0.717, 1.165) is 28.5 Å². The van der Waals surface area contributed by atoms with Crippen LogP contribution in [0.3, 0.4) is 0 Å². The molecule has 1 heterocycles. The molecule has 1 aliphatic heterocycles. The average Bonchev–Trinajstić information content (AvgIpc) is 2.85. The number of imide groups is 1. The molecule has 0 unspecified atom stereocenters. The molecule has 0 aromatic heterocycles. The van der Waals surface area contributed by atoms with Gasteiger partial charge in [0.15, 0.2) is 0 Å². The molecule has 4 heteroatoms. The number of rotatable bonds is 3. The number of allylic oxidation sites excluding steroid dienone is 1. The highest BCUT2D eigenvalue weighted by Crippen LogP contribution is 2.40. The van der Waals surface area contributed by atoms with Crippen molar-refractivity contribution in [3.8, 4) is 0 Å². The van der Waals surface area contributed by atoms with E-state index in [-0.39, 0.29) is 11.1 Å². The van der Waals surface area contributed by atoms with Crippen LogP contribution in [0.1, 0.15) is 24.5 Å². The monoisotopic (exact) mass is 323 g/mol. The Morgan fingerprint density at radius 3 is 2.30 bits per heavy atom. The fraction of sp³-hybridized carbons (Fsp3) is 0.158. The van der Waals surface area contributed by atoms with E-state index in [1.54, 1.807) is 12.1 Å². The minimum absolute atomic E-state index is 0.230. The summed E-state index contributed by atoms with van der Waals surface area (Å²) in [5.74, 6) is -0.230. The lowest BCUT2D eigenvalue weighted by atomic mass is 9.98. The highest BCUT2D eigenvalue weighted by molar-refractivity contribution is 8.19. The molecule has 0 saturated carbocycles. The lowest BCUT2D eigenvalue weighted by Gasteiger charge is -2.13. The number of hydrogen-bond donors (Lipinski definition) is 0. The van der Waals surface area contributed by atoms with Crippen molar-refractivity contribution in [2.75, 3.05) is 4.90 Å². The van der Waals surface area contributed by atoms with E-state index in [2.05, 4.69) is 0 Å². The first-order chi connectivity index (χ1) is 11.1. The summed E-state index contributed by atoms with van der Waals surface area (Å²) in [7, 11) is 0. The molecule has 0 radical (unpaired) electrons. The molecular formula is C19H17NO2S. The number of anilines is 1. The summed E-state index contributed by atoms with van der Waals surface area (Å²) in [5, 5.41) is -0.240. The highest BCUT2D eigenvalue weighted by atomic mass is 32.2. The first-order valence-corrected chi connectivity index (χ1v) is 8.35. The van der Waals surface area contributed by atoms with E-state index < -0.39 is 0 Å². The largest absolute Gasteiger partial charge is 0.298 e. The number of nitrogens with zero attached hydrogens (tertiary/aromatic N) is 1. The van der Waals surface area contributed by atoms with Gasteiger partial charge in [0.2, 0.25) is 0 Å². The van der Waals surface area contributed by atoms with E-state index in [1.807, 2.05) is 56.3 Å². The third-order valence-electron chi connectivity index (χ3n) is 3.88. The molecule has 0 N–H and O–H groups in total. The number of benzene rings is 2. The molecule has 2 aromatic carbocycles. The molecule has 1 saturated heterocycles. The van der Waals surface area contributed by atoms with Gasteiger partial charge in [0.05, 0.1) is 10.6 Å². The molecule has 116 valence electrons. The minimum atomic E-state index is -0.240. The molecule has 3 nitrogen and oxygen atoms in total. The number of aryl methyl sites for hydroxylation is 1. The first-order valence-electron chi connectivity index (χ1n) is 7.54. The Hall–Kier alpha value is -2.33. The second kappa shape index (κ2) is 6.42. The number of hydrogen-bond acceptors (Lipinski definition) is 3. The molecule has 1 fully saturated rings. The van der Waals surface area contributed by atoms with Gasteiger partial charge in [-0.05, 0) is 53.9 Å². The van der Waals surface area contributed by atoms with E-state index in [1.165, 1.54) is 4.90 Å². The SMILES string of the molecule is CC/C(=C1/SC(=O)N(c2ccccc2)C1=O)c1ccccc1C. The molecule has 3 rings (SSSR count). The fourth-order valence-corrected chi connectivity index (χ4v) is 3.75. The Balaban J connectivity index is 2.08. The summed E-state index contributed by atoms with van der Waals surface area (Å²) in [5.41, 5.74) is 3.69. The molecule has 2 aromatic rings. The zero-order valence-corrected chi connectivity index (χ0v) is 13.9. The summed E-state index contributed by atoms with van der Waals surface area (Å²) in [6, 6.07) is 17.0. The lowest BCUT2D eigenvalue weighted by molar-refractivity contribution is -0.113. The summed E-state index contributed by atoms with van der Waals surface area (Å²) in [6.45, 7) is 4.03. The van der Waals surface area contributed by atoms with Crippen LogP contribution in [0.25, 0.3) is 5.57 Å². The van der Waals surface area contributed by atoms with Crippen LogP contribution in [0, 0.1) is 6.92 Å². The van der Waals surface area contributed by atoms with Gasteiger partial charge in [0.1, 0.15) is 0 Å². The zero-order valence-electron chi connectivity index (χ0n) is 13.1. The Morgan fingerprint density at radius 1 is 1.00 bits per heavy atom. The van der Waals surface area contributed by atoms with E-state index in [0.29, 0.717) is 17.0 Å². The van der Waals surface area contributed by atoms with Gasteiger partial charge in [-0.1, -0.05) is 49.4 Å². The number of para-hydroxylation sites is 1. The lowest BCUT2D eigenvalue weighted by Crippen LogP contribution is -2.27. The second-order valence-electron chi connectivity index (χ2n) is 5.32. The fourth-order valence-electron chi connectivity index (χ4n) is 2.74. The van der Waals surface area contributed by atoms with E-state index in [4.69, 9.17) is 0 Å². The molecular weight excluding hydrogens is 306 g/mol. The first kappa shape index (κ1) is 15.6. The van der Waals surface area contributed by atoms with Gasteiger partial charge in [-0.15, -0.1) is 0 Å². The van der Waals surface area contributed by atoms with Gasteiger partial charge in [-0.2, -0.15) is 0 Å². The highest BCUT2D eigenvalue weighted by Gasteiger charge is 2.38.